The lowest BCUT2D eigenvalue weighted by atomic mass is 9.97. The first kappa shape index (κ1) is 24.3. The lowest BCUT2D eigenvalue weighted by Gasteiger charge is -2.26. The van der Waals surface area contributed by atoms with Gasteiger partial charge in [-0.05, 0) is 41.7 Å². The second kappa shape index (κ2) is 11.0. The molecule has 2 unspecified atom stereocenters. The summed E-state index contributed by atoms with van der Waals surface area (Å²) >= 11 is 0. The fraction of sp³-hybridized carbons (Fsp3) is 0.280. The number of pyridine rings is 1. The SMILES string of the molecule is CNC(=O)C(NC(CCc1ccc(C(F)(F)F)cc1)c1ccc(OC)nc1)c1ccccc1. The summed E-state index contributed by atoms with van der Waals surface area (Å²) in [4.78, 5) is 16.9. The summed E-state index contributed by atoms with van der Waals surface area (Å²) in [5, 5.41) is 6.10. The van der Waals surface area contributed by atoms with Gasteiger partial charge in [0.1, 0.15) is 6.04 Å². The number of nitrogens with zero attached hydrogens (tertiary/aromatic N) is 1. The minimum atomic E-state index is -4.37. The van der Waals surface area contributed by atoms with Gasteiger partial charge in [-0.3, -0.25) is 10.1 Å². The molecule has 2 atom stereocenters. The zero-order valence-corrected chi connectivity index (χ0v) is 18.4. The molecule has 33 heavy (non-hydrogen) atoms. The molecule has 5 nitrogen and oxygen atoms in total. The van der Waals surface area contributed by atoms with Gasteiger partial charge in [0, 0.05) is 25.4 Å². The molecule has 8 heteroatoms. The van der Waals surface area contributed by atoms with Crippen LogP contribution in [-0.4, -0.2) is 25.0 Å². The van der Waals surface area contributed by atoms with Crippen molar-refractivity contribution in [2.24, 2.45) is 0 Å². The molecule has 0 radical (unpaired) electrons. The summed E-state index contributed by atoms with van der Waals surface area (Å²) < 4.78 is 43.7. The predicted octanol–water partition coefficient (Wildman–Crippen LogP) is 4.86. The van der Waals surface area contributed by atoms with E-state index in [1.54, 1.807) is 19.3 Å². The smallest absolute Gasteiger partial charge is 0.416 e. The third-order valence-corrected chi connectivity index (χ3v) is 5.38. The molecule has 174 valence electrons. The number of likely N-dealkylation sites (N-methyl/N-ethyl adjacent to an activating group) is 1. The average Bonchev–Trinajstić information content (AvgIpc) is 2.84. The van der Waals surface area contributed by atoms with Crippen LogP contribution in [0.25, 0.3) is 0 Å². The van der Waals surface area contributed by atoms with Crippen LogP contribution in [0.3, 0.4) is 0 Å². The first-order valence-electron chi connectivity index (χ1n) is 10.5. The van der Waals surface area contributed by atoms with Gasteiger partial charge in [0.05, 0.1) is 12.7 Å². The standard InChI is InChI=1S/C25H26F3N3O2/c1-29-24(32)23(18-6-4-3-5-7-18)31-21(19-11-15-22(33-2)30-16-19)14-10-17-8-12-20(13-9-17)25(26,27)28/h3-9,11-13,15-16,21,23,31H,10,14H2,1-2H3,(H,29,32). The summed E-state index contributed by atoms with van der Waals surface area (Å²) in [7, 11) is 3.10. The minimum absolute atomic E-state index is 0.192. The first-order chi connectivity index (χ1) is 15.8. The molecule has 1 amide bonds. The van der Waals surface area contributed by atoms with E-state index in [0.717, 1.165) is 28.8 Å². The van der Waals surface area contributed by atoms with Gasteiger partial charge < -0.3 is 10.1 Å². The molecule has 1 aromatic heterocycles. The monoisotopic (exact) mass is 457 g/mol. The number of carbonyl (C=O) groups is 1. The van der Waals surface area contributed by atoms with Crippen LogP contribution in [0, 0.1) is 0 Å². The van der Waals surface area contributed by atoms with Gasteiger partial charge in [0.15, 0.2) is 0 Å². The molecule has 0 saturated heterocycles. The highest BCUT2D eigenvalue weighted by molar-refractivity contribution is 5.83. The average molecular weight is 457 g/mol. The molecule has 0 aliphatic rings. The highest BCUT2D eigenvalue weighted by Crippen LogP contribution is 2.30. The largest absolute Gasteiger partial charge is 0.481 e. The summed E-state index contributed by atoms with van der Waals surface area (Å²) in [5.74, 6) is 0.272. The fourth-order valence-corrected chi connectivity index (χ4v) is 3.55. The van der Waals surface area contributed by atoms with Gasteiger partial charge in [0.25, 0.3) is 0 Å². The maximum Gasteiger partial charge on any atom is 0.416 e. The number of methoxy groups -OCH3 is 1. The van der Waals surface area contributed by atoms with Crippen molar-refractivity contribution in [3.05, 3.63) is 95.2 Å². The number of benzene rings is 2. The van der Waals surface area contributed by atoms with E-state index in [1.807, 2.05) is 36.4 Å². The molecule has 0 aliphatic heterocycles. The molecule has 3 rings (SSSR count). The van der Waals surface area contributed by atoms with Crippen molar-refractivity contribution >= 4 is 5.91 Å². The van der Waals surface area contributed by atoms with Gasteiger partial charge in [-0.15, -0.1) is 0 Å². The predicted molar refractivity (Wildman–Crippen MR) is 120 cm³/mol. The van der Waals surface area contributed by atoms with Crippen molar-refractivity contribution in [1.82, 2.24) is 15.6 Å². The van der Waals surface area contributed by atoms with Gasteiger partial charge in [0.2, 0.25) is 11.8 Å². The number of aromatic nitrogens is 1. The lowest BCUT2D eigenvalue weighted by Crippen LogP contribution is -2.38. The van der Waals surface area contributed by atoms with E-state index < -0.39 is 17.8 Å². The molecular weight excluding hydrogens is 431 g/mol. The van der Waals surface area contributed by atoms with E-state index in [4.69, 9.17) is 4.74 Å². The molecule has 0 fully saturated rings. The van der Waals surface area contributed by atoms with Crippen molar-refractivity contribution in [2.45, 2.75) is 31.1 Å². The second-order valence-corrected chi connectivity index (χ2v) is 7.54. The number of amides is 1. The van der Waals surface area contributed by atoms with Crippen LogP contribution in [0.15, 0.2) is 72.9 Å². The first-order valence-corrected chi connectivity index (χ1v) is 10.5. The molecule has 0 spiro atoms. The van der Waals surface area contributed by atoms with Crippen LogP contribution >= 0.6 is 0 Å². The number of halogens is 3. The highest BCUT2D eigenvalue weighted by atomic mass is 19.4. The molecular formula is C25H26F3N3O2. The van der Waals surface area contributed by atoms with E-state index in [0.29, 0.717) is 18.7 Å². The van der Waals surface area contributed by atoms with Gasteiger partial charge in [-0.25, -0.2) is 4.98 Å². The quantitative estimate of drug-likeness (QED) is 0.482. The maximum atomic E-state index is 12.9. The number of carbonyl (C=O) groups excluding carboxylic acids is 1. The Balaban J connectivity index is 1.84. The Bertz CT molecular complexity index is 1020. The maximum absolute atomic E-state index is 12.9. The number of aryl methyl sites for hydroxylation is 1. The summed E-state index contributed by atoms with van der Waals surface area (Å²) in [6.45, 7) is 0. The Morgan fingerprint density at radius 3 is 2.24 bits per heavy atom. The third-order valence-electron chi connectivity index (χ3n) is 5.38. The Kier molecular flexibility index (Phi) is 8.06. The second-order valence-electron chi connectivity index (χ2n) is 7.54. The summed E-state index contributed by atoms with van der Waals surface area (Å²) in [6, 6.07) is 17.2. The van der Waals surface area contributed by atoms with E-state index in [2.05, 4.69) is 15.6 Å². The highest BCUT2D eigenvalue weighted by Gasteiger charge is 2.30. The molecule has 1 heterocycles. The minimum Gasteiger partial charge on any atom is -0.481 e. The van der Waals surface area contributed by atoms with Crippen LogP contribution in [0.5, 0.6) is 5.88 Å². The van der Waals surface area contributed by atoms with Crippen molar-refractivity contribution in [3.63, 3.8) is 0 Å². The Morgan fingerprint density at radius 1 is 1.00 bits per heavy atom. The Morgan fingerprint density at radius 2 is 1.70 bits per heavy atom. The van der Waals surface area contributed by atoms with Crippen molar-refractivity contribution in [2.75, 3.05) is 14.2 Å². The van der Waals surface area contributed by atoms with Gasteiger partial charge >= 0.3 is 6.18 Å². The zero-order valence-electron chi connectivity index (χ0n) is 18.4. The van der Waals surface area contributed by atoms with E-state index in [1.165, 1.54) is 19.2 Å². The fourth-order valence-electron chi connectivity index (χ4n) is 3.55. The van der Waals surface area contributed by atoms with E-state index in [-0.39, 0.29) is 11.9 Å². The number of hydrogen-bond acceptors (Lipinski definition) is 4. The molecule has 2 aromatic carbocycles. The van der Waals surface area contributed by atoms with Crippen molar-refractivity contribution in [3.8, 4) is 5.88 Å². The molecule has 3 aromatic rings. The normalized spacial score (nSPS) is 13.2. The topological polar surface area (TPSA) is 63.2 Å². The molecule has 0 bridgehead atoms. The number of nitrogens with one attached hydrogen (secondary N) is 2. The molecule has 0 saturated carbocycles. The van der Waals surface area contributed by atoms with Crippen molar-refractivity contribution < 1.29 is 22.7 Å². The number of alkyl halides is 3. The van der Waals surface area contributed by atoms with Crippen LogP contribution < -0.4 is 15.4 Å². The Hall–Kier alpha value is -3.39. The number of ether oxygens (including phenoxy) is 1. The van der Waals surface area contributed by atoms with Crippen LogP contribution in [0.1, 0.15) is 40.8 Å². The van der Waals surface area contributed by atoms with Crippen LogP contribution in [0.4, 0.5) is 13.2 Å². The number of hydrogen-bond donors (Lipinski definition) is 2. The molecule has 0 aliphatic carbocycles. The number of rotatable bonds is 9. The summed E-state index contributed by atoms with van der Waals surface area (Å²) in [6.07, 6.45) is -1.64. The Labute approximate surface area is 191 Å². The lowest BCUT2D eigenvalue weighted by molar-refractivity contribution is -0.137. The molecule has 2 N–H and O–H groups in total. The van der Waals surface area contributed by atoms with E-state index in [9.17, 15) is 18.0 Å². The van der Waals surface area contributed by atoms with Crippen LogP contribution in [0.2, 0.25) is 0 Å². The van der Waals surface area contributed by atoms with Gasteiger partial charge in [-0.1, -0.05) is 48.5 Å². The zero-order chi connectivity index (χ0) is 23.8. The van der Waals surface area contributed by atoms with Crippen molar-refractivity contribution in [1.29, 1.82) is 0 Å². The van der Waals surface area contributed by atoms with E-state index >= 15 is 0 Å². The third kappa shape index (κ3) is 6.55. The van der Waals surface area contributed by atoms with Gasteiger partial charge in [-0.2, -0.15) is 13.2 Å². The van der Waals surface area contributed by atoms with Crippen LogP contribution in [-0.2, 0) is 17.4 Å². The summed E-state index contributed by atoms with van der Waals surface area (Å²) in [5.41, 5.74) is 1.74.